The molecule has 0 bridgehead atoms. The van der Waals surface area contributed by atoms with Crippen molar-refractivity contribution in [1.82, 2.24) is 9.88 Å². The van der Waals surface area contributed by atoms with E-state index in [0.717, 1.165) is 20.8 Å². The molecule has 0 fully saturated rings. The van der Waals surface area contributed by atoms with Crippen LogP contribution in [0.25, 0.3) is 16.3 Å². The number of fused-ring (bicyclic) bond motifs is 1. The largest absolute Gasteiger partial charge is 0.335 e. The lowest BCUT2D eigenvalue weighted by molar-refractivity contribution is -0.125. The minimum Gasteiger partial charge on any atom is -0.335 e. The van der Waals surface area contributed by atoms with Crippen molar-refractivity contribution in [3.63, 3.8) is 0 Å². The maximum Gasteiger partial charge on any atom is 0.246 e. The van der Waals surface area contributed by atoms with E-state index in [4.69, 9.17) is 0 Å². The molecule has 116 valence electrons. The molecule has 0 aliphatic rings. The zero-order valence-electron chi connectivity index (χ0n) is 12.6. The highest BCUT2D eigenvalue weighted by Gasteiger charge is 2.09. The fraction of sp³-hybridized carbons (Fsp3) is 0.111. The summed E-state index contributed by atoms with van der Waals surface area (Å²) in [6.07, 6.45) is 3.16. The molecule has 1 aromatic heterocycles. The first-order valence-electron chi connectivity index (χ1n) is 7.15. The lowest BCUT2D eigenvalue weighted by Crippen LogP contribution is -2.23. The average Bonchev–Trinajstić information content (AvgIpc) is 2.96. The Hall–Kier alpha value is -2.53. The van der Waals surface area contributed by atoms with Crippen LogP contribution in [0.5, 0.6) is 0 Å². The summed E-state index contributed by atoms with van der Waals surface area (Å²) in [6.45, 7) is 0.464. The Labute approximate surface area is 137 Å². The average molecular weight is 326 g/mol. The first-order chi connectivity index (χ1) is 11.1. The van der Waals surface area contributed by atoms with E-state index in [9.17, 15) is 9.18 Å². The van der Waals surface area contributed by atoms with Gasteiger partial charge in [0.15, 0.2) is 0 Å². The fourth-order valence-electron chi connectivity index (χ4n) is 2.14. The van der Waals surface area contributed by atoms with Crippen molar-refractivity contribution in [1.29, 1.82) is 0 Å². The molecule has 0 N–H and O–H groups in total. The van der Waals surface area contributed by atoms with Crippen LogP contribution in [-0.2, 0) is 11.3 Å². The van der Waals surface area contributed by atoms with Crippen molar-refractivity contribution >= 4 is 33.5 Å². The van der Waals surface area contributed by atoms with Gasteiger partial charge in [0.2, 0.25) is 5.91 Å². The fourth-order valence-corrected chi connectivity index (χ4v) is 3.16. The summed E-state index contributed by atoms with van der Waals surface area (Å²) < 4.78 is 14.0. The van der Waals surface area contributed by atoms with E-state index in [1.807, 2.05) is 24.3 Å². The topological polar surface area (TPSA) is 33.2 Å². The van der Waals surface area contributed by atoms with E-state index >= 15 is 0 Å². The SMILES string of the molecule is CN(Cc1nc2ccccc2s1)C(=O)/C=C/c1ccc(F)cc1. The molecule has 0 spiro atoms. The summed E-state index contributed by atoms with van der Waals surface area (Å²) in [4.78, 5) is 18.3. The maximum atomic E-state index is 12.8. The Morgan fingerprint density at radius 3 is 2.70 bits per heavy atom. The van der Waals surface area contributed by atoms with Crippen LogP contribution in [0, 0.1) is 5.82 Å². The van der Waals surface area contributed by atoms with Crippen LogP contribution in [0.3, 0.4) is 0 Å². The number of carbonyl (C=O) groups excluding carboxylic acids is 1. The van der Waals surface area contributed by atoms with E-state index in [2.05, 4.69) is 4.98 Å². The standard InChI is InChI=1S/C18H15FN2OS/c1-21(12-17-20-15-4-2-3-5-16(15)23-17)18(22)11-8-13-6-9-14(19)10-7-13/h2-11H,12H2,1H3/b11-8+. The van der Waals surface area contributed by atoms with Gasteiger partial charge in [-0.2, -0.15) is 0 Å². The van der Waals surface area contributed by atoms with Gasteiger partial charge in [-0.3, -0.25) is 4.79 Å². The van der Waals surface area contributed by atoms with E-state index < -0.39 is 0 Å². The van der Waals surface area contributed by atoms with Crippen LogP contribution in [0.2, 0.25) is 0 Å². The molecule has 2 aromatic carbocycles. The van der Waals surface area contributed by atoms with Gasteiger partial charge >= 0.3 is 0 Å². The summed E-state index contributed by atoms with van der Waals surface area (Å²) in [5, 5.41) is 0.900. The van der Waals surface area contributed by atoms with Crippen molar-refractivity contribution in [2.24, 2.45) is 0 Å². The van der Waals surface area contributed by atoms with Crippen molar-refractivity contribution in [2.75, 3.05) is 7.05 Å². The highest BCUT2D eigenvalue weighted by Crippen LogP contribution is 2.22. The van der Waals surface area contributed by atoms with E-state index in [1.165, 1.54) is 18.2 Å². The Kier molecular flexibility index (Phi) is 4.48. The monoisotopic (exact) mass is 326 g/mol. The summed E-state index contributed by atoms with van der Waals surface area (Å²) in [7, 11) is 1.74. The number of halogens is 1. The molecule has 0 aliphatic carbocycles. The molecule has 0 unspecified atom stereocenters. The predicted molar refractivity (Wildman–Crippen MR) is 91.5 cm³/mol. The van der Waals surface area contributed by atoms with Crippen LogP contribution in [-0.4, -0.2) is 22.8 Å². The number of rotatable bonds is 4. The number of benzene rings is 2. The Morgan fingerprint density at radius 2 is 1.96 bits per heavy atom. The third kappa shape index (κ3) is 3.81. The first-order valence-corrected chi connectivity index (χ1v) is 7.97. The normalized spacial score (nSPS) is 11.2. The minimum absolute atomic E-state index is 0.117. The molecule has 3 aromatic rings. The molecule has 0 radical (unpaired) electrons. The smallest absolute Gasteiger partial charge is 0.246 e. The third-order valence-electron chi connectivity index (χ3n) is 3.38. The van der Waals surface area contributed by atoms with E-state index in [-0.39, 0.29) is 11.7 Å². The van der Waals surface area contributed by atoms with Gasteiger partial charge in [0.05, 0.1) is 16.8 Å². The van der Waals surface area contributed by atoms with Crippen LogP contribution in [0.4, 0.5) is 4.39 Å². The third-order valence-corrected chi connectivity index (χ3v) is 4.40. The molecule has 0 saturated heterocycles. The number of hydrogen-bond donors (Lipinski definition) is 0. The summed E-state index contributed by atoms with van der Waals surface area (Å²) in [6, 6.07) is 13.9. The molecule has 3 rings (SSSR count). The van der Waals surface area contributed by atoms with Crippen molar-refractivity contribution in [3.8, 4) is 0 Å². The van der Waals surface area contributed by atoms with Gasteiger partial charge in [-0.1, -0.05) is 24.3 Å². The molecular weight excluding hydrogens is 311 g/mol. The Balaban J connectivity index is 1.66. The zero-order valence-corrected chi connectivity index (χ0v) is 13.4. The molecule has 23 heavy (non-hydrogen) atoms. The van der Waals surface area contributed by atoms with Crippen LogP contribution in [0.15, 0.2) is 54.6 Å². The molecule has 5 heteroatoms. The van der Waals surface area contributed by atoms with Gasteiger partial charge < -0.3 is 4.90 Å². The second-order valence-electron chi connectivity index (χ2n) is 5.15. The summed E-state index contributed by atoms with van der Waals surface area (Å²) in [5.74, 6) is -0.407. The van der Waals surface area contributed by atoms with Crippen LogP contribution in [0.1, 0.15) is 10.6 Å². The number of amides is 1. The first kappa shape index (κ1) is 15.4. The molecule has 1 heterocycles. The summed E-state index contributed by atoms with van der Waals surface area (Å²) >= 11 is 1.59. The number of likely N-dealkylation sites (N-methyl/N-ethyl adjacent to an activating group) is 1. The summed E-state index contributed by atoms with van der Waals surface area (Å²) in [5.41, 5.74) is 1.74. The van der Waals surface area contributed by atoms with Crippen molar-refractivity contribution < 1.29 is 9.18 Å². The molecule has 3 nitrogen and oxygen atoms in total. The zero-order chi connectivity index (χ0) is 16.2. The van der Waals surface area contributed by atoms with Gasteiger partial charge in [0.25, 0.3) is 0 Å². The highest BCUT2D eigenvalue weighted by atomic mass is 32.1. The number of nitrogens with zero attached hydrogens (tertiary/aromatic N) is 2. The second-order valence-corrected chi connectivity index (χ2v) is 6.27. The Morgan fingerprint density at radius 1 is 1.22 bits per heavy atom. The van der Waals surface area contributed by atoms with E-state index in [1.54, 1.807) is 41.5 Å². The molecule has 0 aliphatic heterocycles. The lowest BCUT2D eigenvalue weighted by atomic mass is 10.2. The second kappa shape index (κ2) is 6.71. The maximum absolute atomic E-state index is 12.8. The highest BCUT2D eigenvalue weighted by molar-refractivity contribution is 7.18. The number of aromatic nitrogens is 1. The Bertz CT molecular complexity index is 822. The molecule has 1 amide bonds. The van der Waals surface area contributed by atoms with Gasteiger partial charge in [0.1, 0.15) is 10.8 Å². The van der Waals surface area contributed by atoms with Gasteiger partial charge in [0, 0.05) is 13.1 Å². The minimum atomic E-state index is -0.290. The number of para-hydroxylation sites is 1. The predicted octanol–water partition coefficient (Wildman–Crippen LogP) is 4.11. The molecule has 0 saturated carbocycles. The van der Waals surface area contributed by atoms with Gasteiger partial charge in [-0.05, 0) is 35.9 Å². The van der Waals surface area contributed by atoms with Gasteiger partial charge in [-0.25, -0.2) is 9.37 Å². The number of carbonyl (C=O) groups is 1. The molecular formula is C18H15FN2OS. The lowest BCUT2D eigenvalue weighted by Gasteiger charge is -2.12. The van der Waals surface area contributed by atoms with Crippen LogP contribution < -0.4 is 0 Å². The van der Waals surface area contributed by atoms with E-state index in [0.29, 0.717) is 6.54 Å². The van der Waals surface area contributed by atoms with Crippen molar-refractivity contribution in [2.45, 2.75) is 6.54 Å². The number of hydrogen-bond acceptors (Lipinski definition) is 3. The van der Waals surface area contributed by atoms with Crippen LogP contribution >= 0.6 is 11.3 Å². The number of thiazole rings is 1. The van der Waals surface area contributed by atoms with Crippen molar-refractivity contribution in [3.05, 3.63) is 71.0 Å². The quantitative estimate of drug-likeness (QED) is 0.676. The molecule has 0 atom stereocenters. The van der Waals surface area contributed by atoms with Gasteiger partial charge in [-0.15, -0.1) is 11.3 Å².